The lowest BCUT2D eigenvalue weighted by Gasteiger charge is -2.17. The Kier molecular flexibility index (Phi) is 10.3. The number of carbonyl (C=O) groups is 1. The van der Waals surface area contributed by atoms with E-state index in [2.05, 4.69) is 17.2 Å². The largest absolute Gasteiger partial charge is 0.480 e. The van der Waals surface area contributed by atoms with E-state index in [4.69, 9.17) is 21.0 Å². The minimum absolute atomic E-state index is 0.122. The Morgan fingerprint density at radius 3 is 2.80 bits per heavy atom. The number of hydrogen-bond acceptors (Lipinski definition) is 5. The molecule has 0 radical (unpaired) electrons. The molecular formula is C12H24N4O4. The van der Waals surface area contributed by atoms with Crippen LogP contribution in [0.15, 0.2) is 12.7 Å². The second-order valence-corrected chi connectivity index (χ2v) is 4.26. The molecule has 116 valence electrons. The Bertz CT molecular complexity index is 312. The Balaban J connectivity index is 3.87. The normalized spacial score (nSPS) is 13.4. The number of aliphatic hydroxyl groups is 1. The molecule has 0 rings (SSSR count). The van der Waals surface area contributed by atoms with Crippen LogP contribution in [0.3, 0.4) is 0 Å². The van der Waals surface area contributed by atoms with Gasteiger partial charge < -0.3 is 31.3 Å². The zero-order valence-corrected chi connectivity index (χ0v) is 11.5. The van der Waals surface area contributed by atoms with Crippen molar-refractivity contribution in [1.82, 2.24) is 10.6 Å². The van der Waals surface area contributed by atoms with Gasteiger partial charge in [0.25, 0.3) is 0 Å². The van der Waals surface area contributed by atoms with E-state index < -0.39 is 18.1 Å². The molecule has 0 aliphatic rings. The highest BCUT2D eigenvalue weighted by molar-refractivity contribution is 5.74. The van der Waals surface area contributed by atoms with E-state index in [1.54, 1.807) is 6.08 Å². The van der Waals surface area contributed by atoms with Crippen molar-refractivity contribution >= 4 is 11.9 Å². The fourth-order valence-electron chi connectivity index (χ4n) is 1.47. The van der Waals surface area contributed by atoms with Crippen molar-refractivity contribution < 1.29 is 19.7 Å². The predicted molar refractivity (Wildman–Crippen MR) is 75.6 cm³/mol. The summed E-state index contributed by atoms with van der Waals surface area (Å²) in [6, 6.07) is -0.752. The highest BCUT2D eigenvalue weighted by Gasteiger charge is 2.17. The first-order valence-corrected chi connectivity index (χ1v) is 6.38. The number of carboxylic acids is 1. The highest BCUT2D eigenvalue weighted by atomic mass is 16.5. The molecule has 0 spiro atoms. The molecule has 7 N–H and O–H groups in total. The fourth-order valence-corrected chi connectivity index (χ4v) is 1.47. The van der Waals surface area contributed by atoms with Crippen LogP contribution in [0.2, 0.25) is 0 Å². The molecule has 0 aliphatic heterocycles. The van der Waals surface area contributed by atoms with Crippen LogP contribution < -0.4 is 16.4 Å². The molecule has 2 unspecified atom stereocenters. The van der Waals surface area contributed by atoms with Gasteiger partial charge in [-0.2, -0.15) is 0 Å². The first-order valence-electron chi connectivity index (χ1n) is 6.38. The van der Waals surface area contributed by atoms with Crippen LogP contribution >= 0.6 is 0 Å². The van der Waals surface area contributed by atoms with Gasteiger partial charge in [0.15, 0.2) is 5.96 Å². The molecule has 0 bridgehead atoms. The van der Waals surface area contributed by atoms with Gasteiger partial charge in [-0.1, -0.05) is 6.08 Å². The minimum atomic E-state index is -0.980. The van der Waals surface area contributed by atoms with E-state index in [9.17, 15) is 9.90 Å². The number of nitrogens with two attached hydrogens (primary N) is 1. The average molecular weight is 288 g/mol. The summed E-state index contributed by atoms with van der Waals surface area (Å²) in [6.45, 7) is 4.51. The maximum absolute atomic E-state index is 11.0. The van der Waals surface area contributed by atoms with Gasteiger partial charge >= 0.3 is 5.97 Å². The summed E-state index contributed by atoms with van der Waals surface area (Å²) in [4.78, 5) is 11.0. The number of rotatable bonds is 12. The van der Waals surface area contributed by atoms with Crippen molar-refractivity contribution in [2.45, 2.75) is 25.0 Å². The Labute approximate surface area is 118 Å². The smallest absolute Gasteiger partial charge is 0.320 e. The van der Waals surface area contributed by atoms with Crippen LogP contribution in [-0.2, 0) is 9.53 Å². The lowest BCUT2D eigenvalue weighted by molar-refractivity contribution is -0.139. The van der Waals surface area contributed by atoms with Crippen LogP contribution in [0.1, 0.15) is 12.8 Å². The summed E-state index contributed by atoms with van der Waals surface area (Å²) in [6.07, 6.45) is 1.72. The summed E-state index contributed by atoms with van der Waals surface area (Å²) < 4.78 is 5.06. The third-order valence-corrected chi connectivity index (χ3v) is 2.43. The quantitative estimate of drug-likeness (QED) is 0.115. The highest BCUT2D eigenvalue weighted by Crippen LogP contribution is 1.98. The van der Waals surface area contributed by atoms with Crippen LogP contribution in [0.5, 0.6) is 0 Å². The molecule has 0 aromatic rings. The van der Waals surface area contributed by atoms with Gasteiger partial charge in [-0.05, 0) is 12.8 Å². The van der Waals surface area contributed by atoms with E-state index >= 15 is 0 Å². The van der Waals surface area contributed by atoms with Gasteiger partial charge in [-0.15, -0.1) is 6.58 Å². The van der Waals surface area contributed by atoms with Crippen LogP contribution in [0.4, 0.5) is 0 Å². The second-order valence-electron chi connectivity index (χ2n) is 4.26. The summed E-state index contributed by atoms with van der Waals surface area (Å²) in [7, 11) is 0. The van der Waals surface area contributed by atoms with Crippen molar-refractivity contribution in [3.63, 3.8) is 0 Å². The Morgan fingerprint density at radius 1 is 1.55 bits per heavy atom. The third kappa shape index (κ3) is 10.3. The maximum atomic E-state index is 11.0. The molecule has 2 atom stereocenters. The molecule has 0 aliphatic carbocycles. The molecule has 0 aromatic carbocycles. The summed E-state index contributed by atoms with van der Waals surface area (Å²) in [5.41, 5.74) is 5.11. The predicted octanol–water partition coefficient (Wildman–Crippen LogP) is -1.14. The molecule has 0 amide bonds. The van der Waals surface area contributed by atoms with Gasteiger partial charge in [0.05, 0.1) is 19.3 Å². The molecule has 20 heavy (non-hydrogen) atoms. The van der Waals surface area contributed by atoms with Gasteiger partial charge in [-0.3, -0.25) is 10.2 Å². The SMILES string of the molecule is C=CCOCC(O)CNC(CCCNC(=N)N)C(=O)O. The first-order chi connectivity index (χ1) is 9.47. The Hall–Kier alpha value is -1.64. The number of nitrogens with one attached hydrogen (secondary N) is 3. The van der Waals surface area contributed by atoms with E-state index in [1.807, 2.05) is 0 Å². The van der Waals surface area contributed by atoms with Gasteiger partial charge in [-0.25, -0.2) is 0 Å². The van der Waals surface area contributed by atoms with Crippen LogP contribution in [-0.4, -0.2) is 60.6 Å². The molecule has 8 heteroatoms. The van der Waals surface area contributed by atoms with E-state index in [-0.39, 0.29) is 19.1 Å². The number of ether oxygens (including phenoxy) is 1. The second kappa shape index (κ2) is 11.2. The van der Waals surface area contributed by atoms with Gasteiger partial charge in [0, 0.05) is 13.1 Å². The zero-order valence-electron chi connectivity index (χ0n) is 11.5. The summed E-state index contributed by atoms with van der Waals surface area (Å²) in [5.74, 6) is -1.12. The van der Waals surface area contributed by atoms with E-state index in [1.165, 1.54) is 0 Å². The lowest BCUT2D eigenvalue weighted by atomic mass is 10.1. The van der Waals surface area contributed by atoms with E-state index in [0.717, 1.165) is 0 Å². The van der Waals surface area contributed by atoms with Gasteiger partial charge in [0.1, 0.15) is 6.04 Å². The summed E-state index contributed by atoms with van der Waals surface area (Å²) in [5, 5.41) is 30.9. The molecule has 0 fully saturated rings. The molecule has 0 aromatic heterocycles. The van der Waals surface area contributed by atoms with Crippen molar-refractivity contribution in [2.75, 3.05) is 26.3 Å². The molecule has 0 saturated heterocycles. The maximum Gasteiger partial charge on any atom is 0.320 e. The van der Waals surface area contributed by atoms with Crippen LogP contribution in [0.25, 0.3) is 0 Å². The van der Waals surface area contributed by atoms with Crippen molar-refractivity contribution in [2.24, 2.45) is 5.73 Å². The average Bonchev–Trinajstić information content (AvgIpc) is 2.37. The van der Waals surface area contributed by atoms with E-state index in [0.29, 0.717) is 26.0 Å². The standard InChI is InChI=1S/C12H24N4O4/c1-2-6-20-8-9(17)7-16-10(11(18)19)4-3-5-15-12(13)14/h2,9-10,16-17H,1,3-8H2,(H,18,19)(H4,13,14,15). The fraction of sp³-hybridized carbons (Fsp3) is 0.667. The number of carboxylic acid groups (broad SMARTS) is 1. The van der Waals surface area contributed by atoms with Crippen molar-refractivity contribution in [3.8, 4) is 0 Å². The third-order valence-electron chi connectivity index (χ3n) is 2.43. The number of guanidine groups is 1. The summed E-state index contributed by atoms with van der Waals surface area (Å²) >= 11 is 0. The molecule has 8 nitrogen and oxygen atoms in total. The molecule has 0 saturated carbocycles. The van der Waals surface area contributed by atoms with Gasteiger partial charge in [0.2, 0.25) is 0 Å². The minimum Gasteiger partial charge on any atom is -0.480 e. The Morgan fingerprint density at radius 2 is 2.25 bits per heavy atom. The molecule has 0 heterocycles. The van der Waals surface area contributed by atoms with Crippen molar-refractivity contribution in [1.29, 1.82) is 5.41 Å². The topological polar surface area (TPSA) is 141 Å². The lowest BCUT2D eigenvalue weighted by Crippen LogP contribution is -2.42. The number of aliphatic hydroxyl groups excluding tert-OH is 1. The molecular weight excluding hydrogens is 264 g/mol. The number of aliphatic carboxylic acids is 1. The van der Waals surface area contributed by atoms with Crippen molar-refractivity contribution in [3.05, 3.63) is 12.7 Å². The number of hydrogen-bond donors (Lipinski definition) is 6. The monoisotopic (exact) mass is 288 g/mol. The van der Waals surface area contributed by atoms with Crippen LogP contribution in [0, 0.1) is 5.41 Å². The zero-order chi connectivity index (χ0) is 15.4. The first kappa shape index (κ1) is 18.4.